The molecule has 4 nitrogen and oxygen atoms in total. The molecule has 0 aliphatic carbocycles. The second-order valence-corrected chi connectivity index (χ2v) is 15.8. The van der Waals surface area contributed by atoms with Crippen molar-refractivity contribution in [2.24, 2.45) is 0 Å². The molecule has 0 aliphatic rings. The molecule has 0 unspecified atom stereocenters. The van der Waals surface area contributed by atoms with Crippen LogP contribution >= 0.6 is 0 Å². The van der Waals surface area contributed by atoms with E-state index in [1.54, 1.807) is 0 Å². The number of nitrogens with zero attached hydrogens (tertiary/aromatic N) is 4. The van der Waals surface area contributed by atoms with E-state index in [4.69, 9.17) is 0 Å². The van der Waals surface area contributed by atoms with Crippen LogP contribution in [-0.4, -0.2) is 4.57 Å². The van der Waals surface area contributed by atoms with Gasteiger partial charge in [-0.05, 0) is 159 Å². The number of hydrogen-bond donors (Lipinski definition) is 0. The Morgan fingerprint density at radius 2 is 0.557 bits per heavy atom. The van der Waals surface area contributed by atoms with E-state index in [1.165, 1.54) is 27.5 Å². The zero-order valence-corrected chi connectivity index (χ0v) is 34.7. The Bertz CT molecular complexity index is 2970. The van der Waals surface area contributed by atoms with Gasteiger partial charge in [0.25, 0.3) is 0 Å². The molecule has 0 N–H and O–H groups in total. The average molecular weight is 787 g/mol. The minimum absolute atomic E-state index is 1.08. The zero-order valence-electron chi connectivity index (χ0n) is 34.7. The predicted molar refractivity (Wildman–Crippen MR) is 259 cm³/mol. The normalized spacial score (nSPS) is 11.2. The van der Waals surface area contributed by atoms with Crippen LogP contribution < -0.4 is 14.7 Å². The van der Waals surface area contributed by atoms with Crippen molar-refractivity contribution in [2.45, 2.75) is 20.8 Å². The van der Waals surface area contributed by atoms with E-state index < -0.39 is 0 Å². The fraction of sp³-hybridized carbons (Fsp3) is 0.0526. The molecule has 4 heteroatoms. The number of anilines is 9. The molecular weight excluding hydrogens is 741 g/mol. The van der Waals surface area contributed by atoms with Gasteiger partial charge in [0, 0.05) is 67.6 Å². The molecule has 10 rings (SSSR count). The molecule has 0 aliphatic heterocycles. The molecule has 9 aromatic carbocycles. The van der Waals surface area contributed by atoms with E-state index in [-0.39, 0.29) is 0 Å². The van der Waals surface area contributed by atoms with Gasteiger partial charge in [0.05, 0.1) is 11.0 Å². The number of para-hydroxylation sites is 3. The molecular formula is C57H46N4. The summed E-state index contributed by atoms with van der Waals surface area (Å²) in [7, 11) is 0. The third-order valence-corrected chi connectivity index (χ3v) is 11.4. The van der Waals surface area contributed by atoms with Crippen LogP contribution in [0.1, 0.15) is 16.7 Å². The molecule has 10 aromatic rings. The van der Waals surface area contributed by atoms with E-state index >= 15 is 0 Å². The zero-order chi connectivity index (χ0) is 41.3. The van der Waals surface area contributed by atoms with Crippen LogP contribution in [0, 0.1) is 20.8 Å². The Morgan fingerprint density at radius 1 is 0.262 bits per heavy atom. The van der Waals surface area contributed by atoms with Gasteiger partial charge >= 0.3 is 0 Å². The van der Waals surface area contributed by atoms with Gasteiger partial charge in [-0.3, -0.25) is 0 Å². The number of hydrogen-bond acceptors (Lipinski definition) is 3. The van der Waals surface area contributed by atoms with Crippen LogP contribution in [0.5, 0.6) is 0 Å². The average Bonchev–Trinajstić information content (AvgIpc) is 3.61. The second kappa shape index (κ2) is 16.1. The number of fused-ring (bicyclic) bond motifs is 3. The maximum absolute atomic E-state index is 2.44. The van der Waals surface area contributed by atoms with Crippen LogP contribution in [-0.2, 0) is 0 Å². The highest BCUT2D eigenvalue weighted by atomic mass is 15.2. The quantitative estimate of drug-likeness (QED) is 0.137. The third-order valence-electron chi connectivity index (χ3n) is 11.4. The lowest BCUT2D eigenvalue weighted by atomic mass is 10.1. The summed E-state index contributed by atoms with van der Waals surface area (Å²) >= 11 is 0. The largest absolute Gasteiger partial charge is 0.310 e. The van der Waals surface area contributed by atoms with Crippen molar-refractivity contribution in [1.82, 2.24) is 4.57 Å². The van der Waals surface area contributed by atoms with Crippen molar-refractivity contribution in [2.75, 3.05) is 14.7 Å². The minimum atomic E-state index is 1.08. The Labute approximate surface area is 358 Å². The summed E-state index contributed by atoms with van der Waals surface area (Å²) in [6.45, 7) is 6.46. The molecule has 0 amide bonds. The smallest absolute Gasteiger partial charge is 0.0561 e. The first kappa shape index (κ1) is 37.5. The molecule has 1 aromatic heterocycles. The van der Waals surface area contributed by atoms with Crippen molar-refractivity contribution in [3.8, 4) is 5.69 Å². The van der Waals surface area contributed by atoms with E-state index in [1.807, 2.05) is 0 Å². The van der Waals surface area contributed by atoms with E-state index in [2.05, 4.69) is 264 Å². The number of benzene rings is 9. The molecule has 0 atom stereocenters. The van der Waals surface area contributed by atoms with Crippen molar-refractivity contribution in [3.63, 3.8) is 0 Å². The van der Waals surface area contributed by atoms with Crippen molar-refractivity contribution in [1.29, 1.82) is 0 Å². The fourth-order valence-electron chi connectivity index (χ4n) is 8.68. The molecule has 0 bridgehead atoms. The number of aryl methyl sites for hydroxylation is 3. The maximum atomic E-state index is 2.44. The fourth-order valence-corrected chi connectivity index (χ4v) is 8.68. The van der Waals surface area contributed by atoms with Gasteiger partial charge < -0.3 is 19.3 Å². The van der Waals surface area contributed by atoms with Gasteiger partial charge in [0.15, 0.2) is 0 Å². The van der Waals surface area contributed by atoms with Gasteiger partial charge in [-0.1, -0.05) is 103 Å². The van der Waals surface area contributed by atoms with Gasteiger partial charge in [-0.2, -0.15) is 0 Å². The lowest BCUT2D eigenvalue weighted by Gasteiger charge is -2.27. The molecule has 0 fully saturated rings. The molecule has 0 saturated heterocycles. The Morgan fingerprint density at radius 3 is 0.918 bits per heavy atom. The van der Waals surface area contributed by atoms with Crippen molar-refractivity contribution < 1.29 is 0 Å². The standard InChI is InChI=1S/C57H46N4/c1-41-16-13-25-49(36-41)58(44-19-7-4-8-20-44)47-28-30-48(31-29-47)61-56-39-52(59(45-21-9-5-10-22-45)50-26-14-17-42(2)37-50)32-34-54(56)55-35-33-53(40-57(55)61)60(46-23-11-6-12-24-46)51-27-15-18-43(3)38-51/h4-40H,1-3H3. The summed E-state index contributed by atoms with van der Waals surface area (Å²) in [6.07, 6.45) is 0. The van der Waals surface area contributed by atoms with Crippen LogP contribution in [0.3, 0.4) is 0 Å². The van der Waals surface area contributed by atoms with Gasteiger partial charge in [-0.15, -0.1) is 0 Å². The topological polar surface area (TPSA) is 14.7 Å². The van der Waals surface area contributed by atoms with Crippen LogP contribution in [0.2, 0.25) is 0 Å². The van der Waals surface area contributed by atoms with Crippen LogP contribution in [0.15, 0.2) is 224 Å². The summed E-state index contributed by atoms with van der Waals surface area (Å²) < 4.78 is 2.44. The monoisotopic (exact) mass is 786 g/mol. The lowest BCUT2D eigenvalue weighted by molar-refractivity contribution is 1.17. The Hall–Kier alpha value is -7.82. The molecule has 0 spiro atoms. The van der Waals surface area contributed by atoms with Gasteiger partial charge in [0.1, 0.15) is 0 Å². The first-order valence-electron chi connectivity index (χ1n) is 20.9. The summed E-state index contributed by atoms with van der Waals surface area (Å²) in [5, 5.41) is 2.39. The molecule has 1 heterocycles. The van der Waals surface area contributed by atoms with Crippen molar-refractivity contribution in [3.05, 3.63) is 241 Å². The first-order chi connectivity index (χ1) is 30.0. The van der Waals surface area contributed by atoms with Gasteiger partial charge in [-0.25, -0.2) is 0 Å². The van der Waals surface area contributed by atoms with Crippen LogP contribution in [0.4, 0.5) is 51.2 Å². The van der Waals surface area contributed by atoms with Gasteiger partial charge in [0.2, 0.25) is 0 Å². The summed E-state index contributed by atoms with van der Waals surface area (Å²) in [4.78, 5) is 7.05. The number of aromatic nitrogens is 1. The summed E-state index contributed by atoms with van der Waals surface area (Å²) in [5.41, 5.74) is 17.0. The molecule has 61 heavy (non-hydrogen) atoms. The Balaban J connectivity index is 1.20. The van der Waals surface area contributed by atoms with Crippen molar-refractivity contribution >= 4 is 73.0 Å². The highest BCUT2D eigenvalue weighted by Gasteiger charge is 2.21. The predicted octanol–water partition coefficient (Wildman–Crippen LogP) is 16.1. The second-order valence-electron chi connectivity index (χ2n) is 15.8. The van der Waals surface area contributed by atoms with E-state index in [0.29, 0.717) is 0 Å². The molecule has 0 radical (unpaired) electrons. The summed E-state index contributed by atoms with van der Waals surface area (Å²) in [6, 6.07) is 81.0. The first-order valence-corrected chi connectivity index (χ1v) is 20.9. The summed E-state index contributed by atoms with van der Waals surface area (Å²) in [5.74, 6) is 0. The molecule has 294 valence electrons. The number of rotatable bonds is 10. The SMILES string of the molecule is Cc1cccc(N(c2ccccc2)c2ccc(-n3c4cc(N(c5ccccc5)c5cccc(C)c5)ccc4c4ccc(N(c5ccccc5)c5cccc(C)c5)cc43)cc2)c1. The maximum Gasteiger partial charge on any atom is 0.0561 e. The van der Waals surface area contributed by atoms with E-state index in [0.717, 1.165) is 67.9 Å². The minimum Gasteiger partial charge on any atom is -0.310 e. The highest BCUT2D eigenvalue weighted by Crippen LogP contribution is 2.43. The Kier molecular flexibility index (Phi) is 9.88. The highest BCUT2D eigenvalue weighted by molar-refractivity contribution is 6.11. The van der Waals surface area contributed by atoms with Crippen LogP contribution in [0.25, 0.3) is 27.5 Å². The third kappa shape index (κ3) is 7.30. The molecule has 0 saturated carbocycles. The van der Waals surface area contributed by atoms with E-state index in [9.17, 15) is 0 Å². The lowest BCUT2D eigenvalue weighted by Crippen LogP contribution is -2.11.